The van der Waals surface area contributed by atoms with Crippen molar-refractivity contribution in [2.45, 2.75) is 0 Å². The zero-order valence-corrected chi connectivity index (χ0v) is 16.6. The molecule has 2 aromatic heterocycles. The van der Waals surface area contributed by atoms with Crippen molar-refractivity contribution in [3.63, 3.8) is 0 Å². The van der Waals surface area contributed by atoms with E-state index in [1.807, 2.05) is 12.1 Å². The maximum absolute atomic E-state index is 13.8. The number of carbonyl (C=O) groups is 2. The summed E-state index contributed by atoms with van der Waals surface area (Å²) in [6.45, 7) is 0. The summed E-state index contributed by atoms with van der Waals surface area (Å²) in [4.78, 5) is 28.7. The predicted octanol–water partition coefficient (Wildman–Crippen LogP) is 5.91. The minimum Gasteiger partial charge on any atom is -0.478 e. The molecule has 0 unspecified atom stereocenters. The molecule has 4 aromatic rings. The SMILES string of the molecule is O=C(Nc1csc(-c2cc(F)c(Cl)c(F)c2)c1C(=O)O)c1nc2ccccc2s1. The number of nitrogens with zero attached hydrogens (tertiary/aromatic N) is 1. The van der Waals surface area contributed by atoms with Crippen molar-refractivity contribution in [3.8, 4) is 10.4 Å². The van der Waals surface area contributed by atoms with Crippen LogP contribution in [0.3, 0.4) is 0 Å². The number of hydrogen-bond donors (Lipinski definition) is 2. The van der Waals surface area contributed by atoms with Gasteiger partial charge in [0.1, 0.15) is 22.2 Å². The van der Waals surface area contributed by atoms with Crippen LogP contribution in [0.4, 0.5) is 14.5 Å². The third kappa shape index (κ3) is 3.59. The van der Waals surface area contributed by atoms with Gasteiger partial charge < -0.3 is 10.4 Å². The van der Waals surface area contributed by atoms with Gasteiger partial charge in [-0.05, 0) is 29.8 Å². The van der Waals surface area contributed by atoms with Gasteiger partial charge in [0.15, 0.2) is 5.01 Å². The van der Waals surface area contributed by atoms with Crippen molar-refractivity contribution in [3.05, 3.63) is 69.0 Å². The fourth-order valence-corrected chi connectivity index (χ4v) is 4.66. The summed E-state index contributed by atoms with van der Waals surface area (Å²) in [6.07, 6.45) is 0. The van der Waals surface area contributed by atoms with E-state index in [2.05, 4.69) is 10.3 Å². The van der Waals surface area contributed by atoms with Crippen LogP contribution in [0.1, 0.15) is 20.2 Å². The lowest BCUT2D eigenvalue weighted by atomic mass is 10.1. The van der Waals surface area contributed by atoms with Gasteiger partial charge in [-0.25, -0.2) is 18.6 Å². The number of fused-ring (bicyclic) bond motifs is 1. The number of rotatable bonds is 4. The van der Waals surface area contributed by atoms with E-state index in [4.69, 9.17) is 11.6 Å². The van der Waals surface area contributed by atoms with Crippen molar-refractivity contribution in [1.82, 2.24) is 4.98 Å². The van der Waals surface area contributed by atoms with Crippen molar-refractivity contribution in [1.29, 1.82) is 0 Å². The highest BCUT2D eigenvalue weighted by Gasteiger charge is 2.24. The van der Waals surface area contributed by atoms with Gasteiger partial charge in [-0.2, -0.15) is 0 Å². The van der Waals surface area contributed by atoms with E-state index >= 15 is 0 Å². The molecule has 2 N–H and O–H groups in total. The molecule has 0 aliphatic carbocycles. The number of aromatic carboxylic acids is 1. The van der Waals surface area contributed by atoms with Crippen molar-refractivity contribution in [2.75, 3.05) is 5.32 Å². The second kappa shape index (κ2) is 7.51. The van der Waals surface area contributed by atoms with Gasteiger partial charge >= 0.3 is 5.97 Å². The number of aromatic nitrogens is 1. The molecule has 2 aromatic carbocycles. The van der Waals surface area contributed by atoms with E-state index in [1.54, 1.807) is 12.1 Å². The molecule has 29 heavy (non-hydrogen) atoms. The molecule has 10 heteroatoms. The Balaban J connectivity index is 1.71. The third-order valence-electron chi connectivity index (χ3n) is 3.99. The van der Waals surface area contributed by atoms with Crippen LogP contribution in [0.25, 0.3) is 20.7 Å². The van der Waals surface area contributed by atoms with E-state index in [0.29, 0.717) is 5.52 Å². The Labute approximate surface area is 175 Å². The van der Waals surface area contributed by atoms with Gasteiger partial charge in [0.2, 0.25) is 0 Å². The first kappa shape index (κ1) is 19.4. The quantitative estimate of drug-likeness (QED) is 0.379. The molecule has 0 aliphatic rings. The Hall–Kier alpha value is -2.88. The molecule has 146 valence electrons. The van der Waals surface area contributed by atoms with E-state index in [1.165, 1.54) is 16.7 Å². The van der Waals surface area contributed by atoms with E-state index in [0.717, 1.165) is 28.2 Å². The zero-order valence-electron chi connectivity index (χ0n) is 14.2. The first-order chi connectivity index (χ1) is 13.8. The van der Waals surface area contributed by atoms with E-state index < -0.39 is 28.5 Å². The fourth-order valence-electron chi connectivity index (χ4n) is 2.71. The molecule has 1 amide bonds. The average Bonchev–Trinajstić information content (AvgIpc) is 3.29. The largest absolute Gasteiger partial charge is 0.478 e. The normalized spacial score (nSPS) is 11.0. The van der Waals surface area contributed by atoms with Crippen LogP contribution < -0.4 is 5.32 Å². The maximum atomic E-state index is 13.8. The van der Waals surface area contributed by atoms with Gasteiger partial charge in [0, 0.05) is 5.38 Å². The number of halogens is 3. The van der Waals surface area contributed by atoms with Crippen LogP contribution in [0.5, 0.6) is 0 Å². The number of carboxylic acids is 1. The van der Waals surface area contributed by atoms with Gasteiger partial charge in [0.25, 0.3) is 5.91 Å². The minimum absolute atomic E-state index is 0.00675. The highest BCUT2D eigenvalue weighted by molar-refractivity contribution is 7.20. The molecule has 0 spiro atoms. The summed E-state index contributed by atoms with van der Waals surface area (Å²) in [6, 6.07) is 9.09. The van der Waals surface area contributed by atoms with Gasteiger partial charge in [-0.15, -0.1) is 22.7 Å². The lowest BCUT2D eigenvalue weighted by Crippen LogP contribution is -2.13. The molecule has 0 radical (unpaired) electrons. The maximum Gasteiger partial charge on any atom is 0.339 e. The smallest absolute Gasteiger partial charge is 0.339 e. The number of hydrogen-bond acceptors (Lipinski definition) is 5. The highest BCUT2D eigenvalue weighted by Crippen LogP contribution is 2.38. The Kier molecular flexibility index (Phi) is 5.03. The van der Waals surface area contributed by atoms with Crippen molar-refractivity contribution >= 4 is 62.1 Å². The van der Waals surface area contributed by atoms with Crippen LogP contribution in [-0.2, 0) is 0 Å². The van der Waals surface area contributed by atoms with Gasteiger partial charge in [-0.1, -0.05) is 23.7 Å². The summed E-state index contributed by atoms with van der Waals surface area (Å²) in [5.74, 6) is -3.94. The molecule has 0 bridgehead atoms. The molecule has 0 saturated carbocycles. The van der Waals surface area contributed by atoms with E-state index in [9.17, 15) is 23.5 Å². The third-order valence-corrected chi connectivity index (χ3v) is 6.41. The summed E-state index contributed by atoms with van der Waals surface area (Å²) < 4.78 is 28.4. The summed E-state index contributed by atoms with van der Waals surface area (Å²) in [7, 11) is 0. The van der Waals surface area contributed by atoms with Crippen LogP contribution in [0, 0.1) is 11.6 Å². The second-order valence-corrected chi connectivity index (χ2v) is 8.14. The van der Waals surface area contributed by atoms with Crippen LogP contribution in [0.2, 0.25) is 5.02 Å². The van der Waals surface area contributed by atoms with Crippen LogP contribution in [0.15, 0.2) is 41.8 Å². The minimum atomic E-state index is -1.35. The Bertz CT molecular complexity index is 1230. The summed E-state index contributed by atoms with van der Waals surface area (Å²) >= 11 is 7.59. The second-order valence-electron chi connectivity index (χ2n) is 5.85. The lowest BCUT2D eigenvalue weighted by Gasteiger charge is -2.06. The first-order valence-corrected chi connectivity index (χ1v) is 10.1. The van der Waals surface area contributed by atoms with Gasteiger partial charge in [-0.3, -0.25) is 4.79 Å². The van der Waals surface area contributed by atoms with E-state index in [-0.39, 0.29) is 26.7 Å². The number of benzene rings is 2. The molecule has 4 rings (SSSR count). The van der Waals surface area contributed by atoms with Crippen LogP contribution >= 0.6 is 34.3 Å². The number of anilines is 1. The summed E-state index contributed by atoms with van der Waals surface area (Å²) in [5, 5.41) is 13.0. The number of amides is 1. The fraction of sp³-hybridized carbons (Fsp3) is 0. The highest BCUT2D eigenvalue weighted by atomic mass is 35.5. The molecule has 0 saturated heterocycles. The molecular formula is C19H9ClF2N2O3S2. The number of carbonyl (C=O) groups excluding carboxylic acids is 1. The molecule has 0 atom stereocenters. The molecule has 2 heterocycles. The molecule has 0 fully saturated rings. The number of thiophene rings is 1. The average molecular weight is 451 g/mol. The summed E-state index contributed by atoms with van der Waals surface area (Å²) in [5.41, 5.74) is 0.398. The molecule has 0 aliphatic heterocycles. The zero-order chi connectivity index (χ0) is 20.7. The predicted molar refractivity (Wildman–Crippen MR) is 109 cm³/mol. The Morgan fingerprint density at radius 2 is 1.83 bits per heavy atom. The van der Waals surface area contributed by atoms with Crippen molar-refractivity contribution in [2.24, 2.45) is 0 Å². The van der Waals surface area contributed by atoms with Crippen molar-refractivity contribution < 1.29 is 23.5 Å². The number of para-hydroxylation sites is 1. The van der Waals surface area contributed by atoms with Crippen LogP contribution in [-0.4, -0.2) is 22.0 Å². The number of thiazole rings is 1. The topological polar surface area (TPSA) is 79.3 Å². The molecular weight excluding hydrogens is 442 g/mol. The molecule has 5 nitrogen and oxygen atoms in total. The lowest BCUT2D eigenvalue weighted by molar-refractivity contribution is 0.0699. The Morgan fingerprint density at radius 1 is 1.14 bits per heavy atom. The number of carboxylic acid groups (broad SMARTS) is 1. The van der Waals surface area contributed by atoms with Gasteiger partial charge in [0.05, 0.1) is 20.8 Å². The first-order valence-electron chi connectivity index (χ1n) is 8.01. The standard InChI is InChI=1S/C19H9ClF2N2O3S2/c20-15-9(21)5-8(6-10(15)22)16-14(19(26)27)12(7-28-16)23-17(25)18-24-11-3-1-2-4-13(11)29-18/h1-7H,(H,23,25)(H,26,27). The monoisotopic (exact) mass is 450 g/mol. The Morgan fingerprint density at radius 3 is 2.48 bits per heavy atom. The number of nitrogens with one attached hydrogen (secondary N) is 1.